The first-order valence-electron chi connectivity index (χ1n) is 12.0. The Morgan fingerprint density at radius 3 is 1.81 bits per heavy atom. The number of esters is 2. The number of unbranched alkanes of at least 4 members (excludes halogenated alkanes) is 7. The predicted molar refractivity (Wildman–Crippen MR) is 125 cm³/mol. The first kappa shape index (κ1) is 27.0. The summed E-state index contributed by atoms with van der Waals surface area (Å²) >= 11 is 0. The number of hydrogen-bond donors (Lipinski definition) is 0. The Morgan fingerprint density at radius 1 is 0.742 bits per heavy atom. The van der Waals surface area contributed by atoms with Crippen molar-refractivity contribution in [2.45, 2.75) is 98.8 Å². The molecule has 0 atom stereocenters. The Labute approximate surface area is 188 Å². The average Bonchev–Trinajstić information content (AvgIpc) is 2.67. The number of hydrogen-bond acceptors (Lipinski definition) is 5. The van der Waals surface area contributed by atoms with Crippen LogP contribution in [0.15, 0.2) is 18.2 Å². The summed E-state index contributed by atoms with van der Waals surface area (Å²) in [5, 5.41) is 0. The molecule has 176 valence electrons. The normalized spacial score (nSPS) is 11.1. The van der Waals surface area contributed by atoms with Gasteiger partial charge in [-0.05, 0) is 30.4 Å². The van der Waals surface area contributed by atoms with E-state index in [0.717, 1.165) is 12.8 Å². The molecular formula is C26H42O5. The second-order valence-electron chi connectivity index (χ2n) is 9.08. The van der Waals surface area contributed by atoms with Gasteiger partial charge in [-0.1, -0.05) is 79.6 Å². The monoisotopic (exact) mass is 434 g/mol. The Hall–Kier alpha value is -2.04. The lowest BCUT2D eigenvalue weighted by atomic mass is 10.1. The molecule has 5 nitrogen and oxygen atoms in total. The van der Waals surface area contributed by atoms with Gasteiger partial charge in [-0.15, -0.1) is 0 Å². The number of benzene rings is 1. The second kappa shape index (κ2) is 15.7. The van der Waals surface area contributed by atoms with E-state index in [0.29, 0.717) is 25.2 Å². The van der Waals surface area contributed by atoms with Crippen molar-refractivity contribution in [3.8, 4) is 17.2 Å². The highest BCUT2D eigenvalue weighted by Crippen LogP contribution is 2.33. The summed E-state index contributed by atoms with van der Waals surface area (Å²) in [7, 11) is 0. The van der Waals surface area contributed by atoms with E-state index in [1.165, 1.54) is 38.5 Å². The molecule has 0 spiro atoms. The minimum absolute atomic E-state index is 0.181. The molecule has 0 N–H and O–H groups in total. The lowest BCUT2D eigenvalue weighted by molar-refractivity contribution is -0.138. The molecule has 1 aromatic rings. The highest BCUT2D eigenvalue weighted by molar-refractivity contribution is 5.76. The predicted octanol–water partition coefficient (Wildman–Crippen LogP) is 7.11. The van der Waals surface area contributed by atoms with Crippen molar-refractivity contribution in [1.29, 1.82) is 0 Å². The maximum Gasteiger partial charge on any atom is 0.311 e. The molecule has 0 amide bonds. The quantitative estimate of drug-likeness (QED) is 0.158. The van der Waals surface area contributed by atoms with Crippen molar-refractivity contribution in [3.05, 3.63) is 18.2 Å². The third kappa shape index (κ3) is 13.1. The van der Waals surface area contributed by atoms with Crippen molar-refractivity contribution < 1.29 is 23.8 Å². The van der Waals surface area contributed by atoms with Crippen LogP contribution in [-0.4, -0.2) is 18.5 Å². The van der Waals surface area contributed by atoms with Crippen LogP contribution in [0.25, 0.3) is 0 Å². The van der Waals surface area contributed by atoms with Crippen LogP contribution in [0.5, 0.6) is 17.2 Å². The van der Waals surface area contributed by atoms with Crippen LogP contribution in [-0.2, 0) is 9.59 Å². The van der Waals surface area contributed by atoms with Gasteiger partial charge in [0.1, 0.15) is 5.75 Å². The fourth-order valence-electron chi connectivity index (χ4n) is 3.16. The molecule has 0 fully saturated rings. The zero-order valence-electron chi connectivity index (χ0n) is 20.2. The summed E-state index contributed by atoms with van der Waals surface area (Å²) in [6.45, 7) is 10.7. The number of carbonyl (C=O) groups is 2. The molecule has 0 saturated carbocycles. The fraction of sp³-hybridized carbons (Fsp3) is 0.692. The van der Waals surface area contributed by atoms with Crippen molar-refractivity contribution in [2.24, 2.45) is 11.8 Å². The van der Waals surface area contributed by atoms with Crippen LogP contribution in [0.1, 0.15) is 98.8 Å². The summed E-state index contributed by atoms with van der Waals surface area (Å²) < 4.78 is 16.8. The molecule has 0 aliphatic heterocycles. The second-order valence-corrected chi connectivity index (χ2v) is 9.08. The number of carbonyl (C=O) groups excluding carboxylic acids is 2. The zero-order chi connectivity index (χ0) is 23.1. The Morgan fingerprint density at radius 2 is 1.26 bits per heavy atom. The van der Waals surface area contributed by atoms with E-state index in [4.69, 9.17) is 14.2 Å². The van der Waals surface area contributed by atoms with E-state index in [9.17, 15) is 9.59 Å². The van der Waals surface area contributed by atoms with Gasteiger partial charge in [0, 0.05) is 18.9 Å². The van der Waals surface area contributed by atoms with Crippen molar-refractivity contribution in [3.63, 3.8) is 0 Å². The van der Waals surface area contributed by atoms with E-state index in [2.05, 4.69) is 6.92 Å². The van der Waals surface area contributed by atoms with Crippen LogP contribution in [0.2, 0.25) is 0 Å². The third-order valence-electron chi connectivity index (χ3n) is 4.78. The maximum absolute atomic E-state index is 12.2. The summed E-state index contributed by atoms with van der Waals surface area (Å²) in [5.41, 5.74) is 0. The molecule has 0 saturated heterocycles. The standard InChI is InChI=1S/C26H42O5/c1-6-7-8-9-10-11-12-13-16-29-22-14-15-23(30-25(27)17-20(2)3)24(19-22)31-26(28)18-21(4)5/h14-15,19-21H,6-13,16-18H2,1-5H3. The van der Waals surface area contributed by atoms with Crippen LogP contribution < -0.4 is 14.2 Å². The van der Waals surface area contributed by atoms with E-state index < -0.39 is 0 Å². The molecule has 0 bridgehead atoms. The molecule has 0 aliphatic carbocycles. The first-order chi connectivity index (χ1) is 14.8. The molecule has 0 unspecified atom stereocenters. The minimum Gasteiger partial charge on any atom is -0.493 e. The van der Waals surface area contributed by atoms with Gasteiger partial charge in [-0.3, -0.25) is 9.59 Å². The lowest BCUT2D eigenvalue weighted by Gasteiger charge is -2.14. The van der Waals surface area contributed by atoms with Gasteiger partial charge in [0.2, 0.25) is 0 Å². The van der Waals surface area contributed by atoms with Crippen LogP contribution in [0, 0.1) is 11.8 Å². The van der Waals surface area contributed by atoms with Gasteiger partial charge >= 0.3 is 11.9 Å². The summed E-state index contributed by atoms with van der Waals surface area (Å²) in [6.07, 6.45) is 10.5. The number of ether oxygens (including phenoxy) is 3. The van der Waals surface area contributed by atoms with Gasteiger partial charge in [-0.25, -0.2) is 0 Å². The Bertz CT molecular complexity index is 651. The van der Waals surface area contributed by atoms with Crippen molar-refractivity contribution in [2.75, 3.05) is 6.61 Å². The minimum atomic E-state index is -0.351. The summed E-state index contributed by atoms with van der Waals surface area (Å²) in [5.74, 6) is 0.770. The smallest absolute Gasteiger partial charge is 0.311 e. The van der Waals surface area contributed by atoms with Crippen molar-refractivity contribution in [1.82, 2.24) is 0 Å². The summed E-state index contributed by atoms with van der Waals surface area (Å²) in [4.78, 5) is 24.3. The highest BCUT2D eigenvalue weighted by atomic mass is 16.6. The van der Waals surface area contributed by atoms with Crippen LogP contribution in [0.4, 0.5) is 0 Å². The molecule has 0 aliphatic rings. The average molecular weight is 435 g/mol. The number of rotatable bonds is 16. The van der Waals surface area contributed by atoms with E-state index in [1.54, 1.807) is 18.2 Å². The van der Waals surface area contributed by atoms with Crippen molar-refractivity contribution >= 4 is 11.9 Å². The molecule has 5 heteroatoms. The van der Waals surface area contributed by atoms with Gasteiger partial charge in [0.05, 0.1) is 6.61 Å². The third-order valence-corrected chi connectivity index (χ3v) is 4.78. The lowest BCUT2D eigenvalue weighted by Crippen LogP contribution is -2.14. The Kier molecular flexibility index (Phi) is 13.7. The summed E-state index contributed by atoms with van der Waals surface area (Å²) in [6, 6.07) is 5.03. The van der Waals surface area contributed by atoms with Gasteiger partial charge in [-0.2, -0.15) is 0 Å². The largest absolute Gasteiger partial charge is 0.493 e. The van der Waals surface area contributed by atoms with Crippen LogP contribution in [0.3, 0.4) is 0 Å². The Balaban J connectivity index is 2.61. The zero-order valence-corrected chi connectivity index (χ0v) is 20.2. The SMILES string of the molecule is CCCCCCCCCCOc1ccc(OC(=O)CC(C)C)c(OC(=O)CC(C)C)c1. The molecule has 31 heavy (non-hydrogen) atoms. The van der Waals surface area contributed by atoms with E-state index in [1.807, 2.05) is 27.7 Å². The molecule has 1 aromatic carbocycles. The molecule has 0 heterocycles. The topological polar surface area (TPSA) is 61.8 Å². The van der Waals surface area contributed by atoms with Crippen LogP contribution >= 0.6 is 0 Å². The highest BCUT2D eigenvalue weighted by Gasteiger charge is 2.17. The van der Waals surface area contributed by atoms with Gasteiger partial charge in [0.25, 0.3) is 0 Å². The molecule has 0 aromatic heterocycles. The molecular weight excluding hydrogens is 392 g/mol. The maximum atomic E-state index is 12.2. The molecule has 0 radical (unpaired) electrons. The van der Waals surface area contributed by atoms with Gasteiger partial charge < -0.3 is 14.2 Å². The van der Waals surface area contributed by atoms with E-state index in [-0.39, 0.29) is 35.3 Å². The fourth-order valence-corrected chi connectivity index (χ4v) is 3.16. The van der Waals surface area contributed by atoms with E-state index >= 15 is 0 Å². The molecule has 1 rings (SSSR count). The first-order valence-corrected chi connectivity index (χ1v) is 12.0. The van der Waals surface area contributed by atoms with Gasteiger partial charge in [0.15, 0.2) is 11.5 Å².